The van der Waals surface area contributed by atoms with Gasteiger partial charge in [-0.1, -0.05) is 12.1 Å². The number of piperidine rings is 1. The molecule has 0 radical (unpaired) electrons. The van der Waals surface area contributed by atoms with E-state index in [0.717, 1.165) is 18.9 Å². The van der Waals surface area contributed by atoms with Crippen LogP contribution in [0, 0.1) is 5.92 Å². The molecule has 0 aliphatic carbocycles. The number of hydrogen-bond acceptors (Lipinski definition) is 3. The highest BCUT2D eigenvalue weighted by atomic mass is 16.5. The van der Waals surface area contributed by atoms with Crippen molar-refractivity contribution in [3.05, 3.63) is 29.8 Å². The lowest BCUT2D eigenvalue weighted by molar-refractivity contribution is 0.119. The fourth-order valence-corrected chi connectivity index (χ4v) is 3.64. The first-order chi connectivity index (χ1) is 10.7. The second kappa shape index (κ2) is 7.47. The van der Waals surface area contributed by atoms with Crippen molar-refractivity contribution in [2.75, 3.05) is 26.2 Å². The Morgan fingerprint density at radius 2 is 2.05 bits per heavy atom. The van der Waals surface area contributed by atoms with Crippen molar-refractivity contribution in [1.82, 2.24) is 10.2 Å². The van der Waals surface area contributed by atoms with Crippen LogP contribution < -0.4 is 10.1 Å². The van der Waals surface area contributed by atoms with Crippen LogP contribution in [0.25, 0.3) is 0 Å². The predicted octanol–water partition coefficient (Wildman–Crippen LogP) is 3.61. The van der Waals surface area contributed by atoms with Crippen LogP contribution >= 0.6 is 0 Å². The van der Waals surface area contributed by atoms with E-state index in [4.69, 9.17) is 4.74 Å². The molecular weight excluding hydrogens is 272 g/mol. The smallest absolute Gasteiger partial charge is 0.119 e. The maximum Gasteiger partial charge on any atom is 0.119 e. The Bertz CT molecular complexity index is 460. The van der Waals surface area contributed by atoms with E-state index in [2.05, 4.69) is 48.3 Å². The molecule has 0 bridgehead atoms. The van der Waals surface area contributed by atoms with Gasteiger partial charge in [0, 0.05) is 12.1 Å². The van der Waals surface area contributed by atoms with E-state index in [0.29, 0.717) is 18.0 Å². The van der Waals surface area contributed by atoms with Crippen LogP contribution in [0.15, 0.2) is 24.3 Å². The highest BCUT2D eigenvalue weighted by Gasteiger charge is 2.21. The Morgan fingerprint density at radius 3 is 2.73 bits per heavy atom. The molecule has 1 atom stereocenters. The number of rotatable bonds is 5. The van der Waals surface area contributed by atoms with Gasteiger partial charge in [-0.2, -0.15) is 0 Å². The van der Waals surface area contributed by atoms with Crippen LogP contribution in [0.4, 0.5) is 0 Å². The molecule has 1 aromatic carbocycles. The van der Waals surface area contributed by atoms with Crippen molar-refractivity contribution in [1.29, 1.82) is 0 Å². The van der Waals surface area contributed by atoms with Crippen molar-refractivity contribution in [2.45, 2.75) is 51.6 Å². The first-order valence-electron chi connectivity index (χ1n) is 8.92. The normalized spacial score (nSPS) is 24.0. The van der Waals surface area contributed by atoms with Crippen LogP contribution in [0.1, 0.15) is 51.1 Å². The van der Waals surface area contributed by atoms with Crippen molar-refractivity contribution < 1.29 is 4.74 Å². The Kier molecular flexibility index (Phi) is 5.37. The number of nitrogens with zero attached hydrogens (tertiary/aromatic N) is 1. The van der Waals surface area contributed by atoms with E-state index in [-0.39, 0.29) is 0 Å². The van der Waals surface area contributed by atoms with E-state index in [1.807, 2.05) is 0 Å². The molecule has 1 aromatic rings. The van der Waals surface area contributed by atoms with Gasteiger partial charge in [-0.05, 0) is 82.8 Å². The summed E-state index contributed by atoms with van der Waals surface area (Å²) in [5, 5.41) is 3.56. The molecule has 0 spiro atoms. The number of hydrogen-bond donors (Lipinski definition) is 1. The van der Waals surface area contributed by atoms with Crippen molar-refractivity contribution in [2.24, 2.45) is 5.92 Å². The van der Waals surface area contributed by atoms with Gasteiger partial charge in [0.1, 0.15) is 5.75 Å². The molecule has 22 heavy (non-hydrogen) atoms. The van der Waals surface area contributed by atoms with Crippen molar-refractivity contribution >= 4 is 0 Å². The third-order valence-electron chi connectivity index (χ3n) is 5.19. The molecule has 2 saturated heterocycles. The lowest BCUT2D eigenvalue weighted by Gasteiger charge is -2.34. The average Bonchev–Trinajstić information content (AvgIpc) is 3.08. The van der Waals surface area contributed by atoms with Crippen LogP contribution in [-0.4, -0.2) is 37.2 Å². The second-order valence-corrected chi connectivity index (χ2v) is 7.11. The summed E-state index contributed by atoms with van der Waals surface area (Å²) in [5.74, 6) is 1.75. The minimum Gasteiger partial charge on any atom is -0.493 e. The fraction of sp³-hybridized carbons (Fsp3) is 0.684. The number of nitrogens with one attached hydrogen (secondary N) is 1. The fourth-order valence-electron chi connectivity index (χ4n) is 3.64. The summed E-state index contributed by atoms with van der Waals surface area (Å²) in [4.78, 5) is 2.57. The van der Waals surface area contributed by atoms with E-state index in [1.165, 1.54) is 44.3 Å². The Balaban J connectivity index is 1.48. The largest absolute Gasteiger partial charge is 0.493 e. The summed E-state index contributed by atoms with van der Waals surface area (Å²) in [6, 6.07) is 9.88. The van der Waals surface area contributed by atoms with Crippen LogP contribution in [0.3, 0.4) is 0 Å². The van der Waals surface area contributed by atoms with E-state index >= 15 is 0 Å². The lowest BCUT2D eigenvalue weighted by atomic mass is 9.97. The minimum absolute atomic E-state index is 0.526. The molecule has 2 aliphatic rings. The SMILES string of the molecule is CC(C)N1CCC(COc2cccc(C3CCCN3)c2)CC1. The summed E-state index contributed by atoms with van der Waals surface area (Å²) < 4.78 is 6.10. The molecule has 2 heterocycles. The summed E-state index contributed by atoms with van der Waals surface area (Å²) in [6.45, 7) is 9.03. The molecule has 3 nitrogen and oxygen atoms in total. The zero-order valence-corrected chi connectivity index (χ0v) is 14.1. The molecule has 0 amide bonds. The molecule has 3 heteroatoms. The van der Waals surface area contributed by atoms with Crippen molar-refractivity contribution in [3.63, 3.8) is 0 Å². The third kappa shape index (κ3) is 4.02. The monoisotopic (exact) mass is 302 g/mol. The van der Waals surface area contributed by atoms with Gasteiger partial charge in [-0.3, -0.25) is 0 Å². The summed E-state index contributed by atoms with van der Waals surface area (Å²) >= 11 is 0. The van der Waals surface area contributed by atoms with E-state index < -0.39 is 0 Å². The zero-order chi connectivity index (χ0) is 15.4. The molecular formula is C19H30N2O. The van der Waals surface area contributed by atoms with Gasteiger partial charge in [-0.25, -0.2) is 0 Å². The lowest BCUT2D eigenvalue weighted by Crippen LogP contribution is -2.39. The Labute approximate surface area is 135 Å². The van der Waals surface area contributed by atoms with Gasteiger partial charge in [-0.15, -0.1) is 0 Å². The summed E-state index contributed by atoms with van der Waals surface area (Å²) in [5.41, 5.74) is 1.38. The molecule has 2 aliphatic heterocycles. The van der Waals surface area contributed by atoms with E-state index in [1.54, 1.807) is 0 Å². The first-order valence-corrected chi connectivity index (χ1v) is 8.92. The van der Waals surface area contributed by atoms with Gasteiger partial charge in [0.2, 0.25) is 0 Å². The standard InChI is InChI=1S/C19H30N2O/c1-15(2)21-11-8-16(9-12-21)14-22-18-6-3-5-17(13-18)19-7-4-10-20-19/h3,5-6,13,15-16,19-20H,4,7-12,14H2,1-2H3. The summed E-state index contributed by atoms with van der Waals surface area (Å²) in [6.07, 6.45) is 5.06. The second-order valence-electron chi connectivity index (χ2n) is 7.11. The van der Waals surface area contributed by atoms with E-state index in [9.17, 15) is 0 Å². The van der Waals surface area contributed by atoms with Gasteiger partial charge in [0.25, 0.3) is 0 Å². The quantitative estimate of drug-likeness (QED) is 0.899. The third-order valence-corrected chi connectivity index (χ3v) is 5.19. The Hall–Kier alpha value is -1.06. The molecule has 0 aromatic heterocycles. The van der Waals surface area contributed by atoms with Gasteiger partial charge < -0.3 is 15.0 Å². The highest BCUT2D eigenvalue weighted by Crippen LogP contribution is 2.27. The summed E-state index contributed by atoms with van der Waals surface area (Å²) in [7, 11) is 0. The molecule has 2 fully saturated rings. The topological polar surface area (TPSA) is 24.5 Å². The Morgan fingerprint density at radius 1 is 1.23 bits per heavy atom. The zero-order valence-electron chi connectivity index (χ0n) is 14.1. The number of ether oxygens (including phenoxy) is 1. The van der Waals surface area contributed by atoms with Crippen LogP contribution in [0.2, 0.25) is 0 Å². The molecule has 0 saturated carbocycles. The molecule has 1 unspecified atom stereocenters. The van der Waals surface area contributed by atoms with Gasteiger partial charge in [0.05, 0.1) is 6.61 Å². The van der Waals surface area contributed by atoms with Gasteiger partial charge >= 0.3 is 0 Å². The first kappa shape index (κ1) is 15.8. The molecule has 3 rings (SSSR count). The molecule has 1 N–H and O–H groups in total. The predicted molar refractivity (Wildman–Crippen MR) is 91.3 cm³/mol. The highest BCUT2D eigenvalue weighted by molar-refractivity contribution is 5.31. The van der Waals surface area contributed by atoms with Gasteiger partial charge in [0.15, 0.2) is 0 Å². The van der Waals surface area contributed by atoms with Crippen LogP contribution in [0.5, 0.6) is 5.75 Å². The molecule has 122 valence electrons. The number of benzene rings is 1. The average molecular weight is 302 g/mol. The van der Waals surface area contributed by atoms with Crippen molar-refractivity contribution in [3.8, 4) is 5.75 Å². The maximum atomic E-state index is 6.10. The minimum atomic E-state index is 0.526. The van der Waals surface area contributed by atoms with Crippen LogP contribution in [-0.2, 0) is 0 Å². The number of likely N-dealkylation sites (tertiary alicyclic amines) is 1. The maximum absolute atomic E-state index is 6.10.